The van der Waals surface area contributed by atoms with Gasteiger partial charge < -0.3 is 54.6 Å². The molecule has 69 heavy (non-hydrogen) atoms. The van der Waals surface area contributed by atoms with Gasteiger partial charge in [-0.1, -0.05) is 35.3 Å². The fraction of sp³-hybridized carbons (Fsp3) is 0.286. The van der Waals surface area contributed by atoms with Crippen molar-refractivity contribution < 1.29 is 49.0 Å². The average molecular weight is 980 g/mol. The Morgan fingerprint density at radius 1 is 0.681 bits per heavy atom. The SMILES string of the molecule is Cc1c(COc2cc(OCc3cncc(C#N)c3)c(CNC(CCO)C(=O)O)cc2Cl)cccc1-n1cnc(COc2cc(OCc3cncc(C#N)c3)c(CNC(CCO)C(=O)O)cc2Cl)c1C. The lowest BCUT2D eigenvalue weighted by molar-refractivity contribution is -0.140. The summed E-state index contributed by atoms with van der Waals surface area (Å²) in [7, 11) is 0. The molecule has 2 atom stereocenters. The van der Waals surface area contributed by atoms with Gasteiger partial charge in [0.2, 0.25) is 0 Å². The zero-order chi connectivity index (χ0) is 49.5. The summed E-state index contributed by atoms with van der Waals surface area (Å²) in [4.78, 5) is 36.4. The first-order valence-corrected chi connectivity index (χ1v) is 22.2. The summed E-state index contributed by atoms with van der Waals surface area (Å²) in [6, 6.07) is 17.6. The summed E-state index contributed by atoms with van der Waals surface area (Å²) in [5.41, 5.74) is 7.02. The van der Waals surface area contributed by atoms with Gasteiger partial charge in [-0.2, -0.15) is 10.5 Å². The number of imidazole rings is 1. The van der Waals surface area contributed by atoms with E-state index in [1.54, 1.807) is 55.1 Å². The summed E-state index contributed by atoms with van der Waals surface area (Å²) in [6.45, 7) is 3.53. The summed E-state index contributed by atoms with van der Waals surface area (Å²) in [5.74, 6) is -0.955. The van der Waals surface area contributed by atoms with Crippen LogP contribution in [0.2, 0.25) is 10.0 Å². The molecule has 3 heterocycles. The van der Waals surface area contributed by atoms with Gasteiger partial charge in [-0.15, -0.1) is 0 Å². The van der Waals surface area contributed by atoms with Crippen molar-refractivity contribution in [2.45, 2.75) is 78.3 Å². The number of aliphatic hydroxyl groups is 2. The second-order valence-electron chi connectivity index (χ2n) is 15.6. The first-order valence-electron chi connectivity index (χ1n) is 21.4. The van der Waals surface area contributed by atoms with Crippen LogP contribution in [0.1, 0.15) is 68.7 Å². The van der Waals surface area contributed by atoms with Gasteiger partial charge in [0.05, 0.1) is 38.9 Å². The van der Waals surface area contributed by atoms with Crippen LogP contribution in [-0.2, 0) is 49.1 Å². The molecule has 0 radical (unpaired) electrons. The summed E-state index contributed by atoms with van der Waals surface area (Å²) >= 11 is 13.5. The normalized spacial score (nSPS) is 11.8. The molecule has 6 N–H and O–H groups in total. The Bertz CT molecular complexity index is 2870. The highest BCUT2D eigenvalue weighted by Gasteiger charge is 2.22. The molecule has 3 aromatic heterocycles. The number of nitrogens with zero attached hydrogens (tertiary/aromatic N) is 6. The fourth-order valence-corrected chi connectivity index (χ4v) is 7.55. The second-order valence-corrected chi connectivity index (χ2v) is 16.4. The number of aliphatic carboxylic acids is 2. The maximum atomic E-state index is 11.8. The highest BCUT2D eigenvalue weighted by Crippen LogP contribution is 2.36. The lowest BCUT2D eigenvalue weighted by Gasteiger charge is -2.19. The number of carbonyl (C=O) groups is 2. The molecule has 18 nitrogen and oxygen atoms in total. The number of carboxylic acid groups (broad SMARTS) is 2. The Labute approximate surface area is 407 Å². The number of pyridine rings is 2. The molecule has 6 rings (SSSR count). The van der Waals surface area contributed by atoms with Gasteiger partial charge in [0.15, 0.2) is 0 Å². The van der Waals surface area contributed by atoms with Crippen molar-refractivity contribution in [3.63, 3.8) is 0 Å². The maximum Gasteiger partial charge on any atom is 0.320 e. The van der Waals surface area contributed by atoms with Gasteiger partial charge in [-0.05, 0) is 68.1 Å². The van der Waals surface area contributed by atoms with Crippen LogP contribution in [0.5, 0.6) is 23.0 Å². The Hall–Kier alpha value is -7.29. The van der Waals surface area contributed by atoms with E-state index in [2.05, 4.69) is 37.7 Å². The largest absolute Gasteiger partial charge is 0.488 e. The number of hydrogen-bond acceptors (Lipinski definition) is 15. The van der Waals surface area contributed by atoms with E-state index < -0.39 is 24.0 Å². The third kappa shape index (κ3) is 13.7. The third-order valence-corrected chi connectivity index (χ3v) is 11.5. The molecule has 0 aliphatic rings. The number of rotatable bonds is 25. The zero-order valence-corrected chi connectivity index (χ0v) is 39.0. The van der Waals surface area contributed by atoms with Crippen LogP contribution < -0.4 is 29.6 Å². The number of hydrogen-bond donors (Lipinski definition) is 6. The molecule has 0 saturated heterocycles. The predicted octanol–water partition coefficient (Wildman–Crippen LogP) is 6.50. The summed E-state index contributed by atoms with van der Waals surface area (Å²) < 4.78 is 26.8. The Kier molecular flexibility index (Phi) is 18.3. The highest BCUT2D eigenvalue weighted by molar-refractivity contribution is 6.32. The van der Waals surface area contributed by atoms with E-state index in [4.69, 9.17) is 42.1 Å². The van der Waals surface area contributed by atoms with Gasteiger partial charge in [-0.3, -0.25) is 19.6 Å². The Morgan fingerprint density at radius 3 is 1.65 bits per heavy atom. The standard InChI is InChI=1S/C49H48Cl2N8O10/c1-29-35(26-68-46-14-44(66-24-33-10-31(16-52)18-54-20-33)36(12-38(46)50)22-56-40(6-8-60)48(62)63)4-3-5-43(29)59-28-58-42(30(59)2)27-69-47-15-45(67-25-34-11-32(17-53)19-55-21-34)37(13-39(47)51)23-57-41(7-9-61)49(64)65/h3-5,10-15,18-21,28,40-41,56-57,60-61H,6-9,22-27H2,1-2H3,(H,62,63)(H,64,65). The minimum absolute atomic E-state index is 0.00651. The number of nitrogens with one attached hydrogen (secondary N) is 2. The van der Waals surface area contributed by atoms with Gasteiger partial charge in [0.1, 0.15) is 73.6 Å². The summed E-state index contributed by atoms with van der Waals surface area (Å²) in [5, 5.41) is 63.0. The van der Waals surface area contributed by atoms with Gasteiger partial charge in [-0.25, -0.2) is 4.98 Å². The number of aromatic nitrogens is 4. The quantitative estimate of drug-likeness (QED) is 0.0358. The number of halogens is 2. The molecule has 3 aromatic carbocycles. The van der Waals surface area contributed by atoms with Crippen molar-refractivity contribution in [3.05, 3.63) is 152 Å². The van der Waals surface area contributed by atoms with Crippen LogP contribution in [0.25, 0.3) is 5.69 Å². The van der Waals surface area contributed by atoms with E-state index in [9.17, 15) is 40.5 Å². The molecule has 0 saturated carbocycles. The third-order valence-electron chi connectivity index (χ3n) is 10.9. The van der Waals surface area contributed by atoms with E-state index in [0.29, 0.717) is 56.3 Å². The number of benzene rings is 3. The van der Waals surface area contributed by atoms with Crippen LogP contribution in [0.3, 0.4) is 0 Å². The van der Waals surface area contributed by atoms with Gasteiger partial charge in [0.25, 0.3) is 0 Å². The molecule has 358 valence electrons. The number of ether oxygens (including phenoxy) is 4. The first-order chi connectivity index (χ1) is 33.3. The lowest BCUT2D eigenvalue weighted by Crippen LogP contribution is -2.37. The van der Waals surface area contributed by atoms with Gasteiger partial charge in [0, 0.05) is 91.2 Å². The molecule has 20 heteroatoms. The average Bonchev–Trinajstić information content (AvgIpc) is 3.71. The van der Waals surface area contributed by atoms with E-state index in [1.165, 1.54) is 12.4 Å². The van der Waals surface area contributed by atoms with Gasteiger partial charge >= 0.3 is 11.9 Å². The van der Waals surface area contributed by atoms with Crippen molar-refractivity contribution in [3.8, 4) is 40.8 Å². The molecule has 0 aliphatic heterocycles. The van der Waals surface area contributed by atoms with Crippen molar-refractivity contribution in [2.75, 3.05) is 13.2 Å². The van der Waals surface area contributed by atoms with Crippen LogP contribution in [0, 0.1) is 36.5 Å². The second kappa shape index (κ2) is 24.6. The molecule has 0 bridgehead atoms. The monoisotopic (exact) mass is 978 g/mol. The Morgan fingerprint density at radius 2 is 1.17 bits per heavy atom. The lowest BCUT2D eigenvalue weighted by atomic mass is 10.1. The molecule has 2 unspecified atom stereocenters. The van der Waals surface area contributed by atoms with Crippen LogP contribution in [-0.4, -0.2) is 77.2 Å². The minimum atomic E-state index is -1.12. The smallest absolute Gasteiger partial charge is 0.320 e. The molecule has 6 aromatic rings. The van der Waals surface area contributed by atoms with E-state index >= 15 is 0 Å². The van der Waals surface area contributed by atoms with Crippen molar-refractivity contribution >= 4 is 35.1 Å². The topological polar surface area (TPSA) is 267 Å². The van der Waals surface area contributed by atoms with E-state index in [-0.39, 0.29) is 81.4 Å². The molecule has 0 fully saturated rings. The highest BCUT2D eigenvalue weighted by atomic mass is 35.5. The number of nitriles is 2. The number of aliphatic hydroxyl groups excluding tert-OH is 2. The first kappa shape index (κ1) is 51.1. The Balaban J connectivity index is 1.19. The van der Waals surface area contributed by atoms with Crippen molar-refractivity contribution in [2.24, 2.45) is 0 Å². The van der Waals surface area contributed by atoms with Crippen LogP contribution in [0.15, 0.2) is 85.7 Å². The predicted molar refractivity (Wildman–Crippen MR) is 251 cm³/mol. The minimum Gasteiger partial charge on any atom is -0.488 e. The van der Waals surface area contributed by atoms with Crippen molar-refractivity contribution in [1.82, 2.24) is 30.2 Å². The summed E-state index contributed by atoms with van der Waals surface area (Å²) in [6.07, 6.45) is 7.69. The van der Waals surface area contributed by atoms with Crippen LogP contribution in [0.4, 0.5) is 0 Å². The van der Waals surface area contributed by atoms with E-state index in [1.807, 2.05) is 36.6 Å². The maximum absolute atomic E-state index is 11.8. The molecular formula is C49H48Cl2N8O10. The van der Waals surface area contributed by atoms with E-state index in [0.717, 1.165) is 22.5 Å². The zero-order valence-electron chi connectivity index (χ0n) is 37.5. The fourth-order valence-electron chi connectivity index (χ4n) is 7.07. The molecule has 0 aliphatic carbocycles. The molecule has 0 amide bonds. The van der Waals surface area contributed by atoms with Crippen molar-refractivity contribution in [1.29, 1.82) is 10.5 Å². The number of carboxylic acids is 2. The molecular weight excluding hydrogens is 931 g/mol. The molecule has 0 spiro atoms. The van der Waals surface area contributed by atoms with Crippen LogP contribution >= 0.6 is 23.2 Å².